The fourth-order valence-electron chi connectivity index (χ4n) is 4.08. The number of hydrogen-bond donors (Lipinski definition) is 1. The minimum atomic E-state index is -0.787. The normalized spacial score (nSPS) is 17.6. The molecule has 1 atom stereocenters. The molecule has 1 saturated heterocycles. The Bertz CT molecular complexity index is 1240. The fourth-order valence-corrected chi connectivity index (χ4v) is 4.08. The summed E-state index contributed by atoms with van der Waals surface area (Å²) in [6.07, 6.45) is -0.0312. The maximum absolute atomic E-state index is 13.3. The van der Waals surface area contributed by atoms with E-state index < -0.39 is 17.7 Å². The lowest BCUT2D eigenvalue weighted by Gasteiger charge is -2.26. The number of anilines is 1. The van der Waals surface area contributed by atoms with Crippen LogP contribution in [0.2, 0.25) is 0 Å². The molecule has 1 heterocycles. The van der Waals surface area contributed by atoms with Crippen LogP contribution < -0.4 is 9.64 Å². The van der Waals surface area contributed by atoms with Gasteiger partial charge in [-0.2, -0.15) is 0 Å². The van der Waals surface area contributed by atoms with Crippen LogP contribution >= 0.6 is 0 Å². The van der Waals surface area contributed by atoms with E-state index in [0.29, 0.717) is 22.6 Å². The summed E-state index contributed by atoms with van der Waals surface area (Å²) in [5, 5.41) is 11.3. The van der Waals surface area contributed by atoms with Crippen LogP contribution in [0.25, 0.3) is 5.76 Å². The minimum Gasteiger partial charge on any atom is -0.507 e. The van der Waals surface area contributed by atoms with E-state index in [1.54, 1.807) is 18.2 Å². The van der Waals surface area contributed by atoms with E-state index in [0.717, 1.165) is 11.1 Å². The van der Waals surface area contributed by atoms with Gasteiger partial charge in [-0.15, -0.1) is 0 Å². The molecule has 1 aliphatic rings. The molecule has 0 aliphatic carbocycles. The Hall–Kier alpha value is -3.86. The Balaban J connectivity index is 1.93. The van der Waals surface area contributed by atoms with Crippen LogP contribution in [0.5, 0.6) is 5.75 Å². The van der Waals surface area contributed by atoms with Gasteiger partial charge in [-0.25, -0.2) is 0 Å². The number of ether oxygens (including phenoxy) is 1. The summed E-state index contributed by atoms with van der Waals surface area (Å²) in [6.45, 7) is 7.79. The highest BCUT2D eigenvalue weighted by molar-refractivity contribution is 6.51. The molecular formula is C28H27NO4. The lowest BCUT2D eigenvalue weighted by Crippen LogP contribution is -2.29. The van der Waals surface area contributed by atoms with Crippen LogP contribution in [0.4, 0.5) is 5.69 Å². The lowest BCUT2D eigenvalue weighted by molar-refractivity contribution is -0.132. The molecule has 168 valence electrons. The number of benzene rings is 3. The molecule has 0 spiro atoms. The van der Waals surface area contributed by atoms with Crippen LogP contribution in [0, 0.1) is 13.8 Å². The number of ketones is 1. The first-order valence-corrected chi connectivity index (χ1v) is 11.0. The van der Waals surface area contributed by atoms with Crippen molar-refractivity contribution in [3.05, 3.63) is 101 Å². The summed E-state index contributed by atoms with van der Waals surface area (Å²) < 4.78 is 5.85. The van der Waals surface area contributed by atoms with Gasteiger partial charge in [-0.3, -0.25) is 14.5 Å². The van der Waals surface area contributed by atoms with E-state index in [1.807, 2.05) is 82.3 Å². The van der Waals surface area contributed by atoms with Gasteiger partial charge in [-0.1, -0.05) is 42.5 Å². The van der Waals surface area contributed by atoms with Crippen molar-refractivity contribution >= 4 is 23.1 Å². The molecule has 5 nitrogen and oxygen atoms in total. The van der Waals surface area contributed by atoms with Crippen LogP contribution in [0.1, 0.15) is 42.1 Å². The summed E-state index contributed by atoms with van der Waals surface area (Å²) in [4.78, 5) is 27.9. The van der Waals surface area contributed by atoms with Crippen molar-refractivity contribution in [2.45, 2.75) is 39.8 Å². The van der Waals surface area contributed by atoms with Crippen LogP contribution in [-0.2, 0) is 9.59 Å². The fraction of sp³-hybridized carbons (Fsp3) is 0.214. The van der Waals surface area contributed by atoms with E-state index >= 15 is 0 Å². The second-order valence-electron chi connectivity index (χ2n) is 8.54. The van der Waals surface area contributed by atoms with Gasteiger partial charge in [0.1, 0.15) is 11.5 Å². The number of para-hydroxylation sites is 1. The quantitative estimate of drug-likeness (QED) is 0.313. The Morgan fingerprint density at radius 1 is 0.909 bits per heavy atom. The number of amides is 1. The van der Waals surface area contributed by atoms with Crippen molar-refractivity contribution in [3.8, 4) is 5.75 Å². The molecule has 33 heavy (non-hydrogen) atoms. The molecule has 1 amide bonds. The summed E-state index contributed by atoms with van der Waals surface area (Å²) in [5.41, 5.74) is 3.89. The van der Waals surface area contributed by atoms with Crippen LogP contribution in [-0.4, -0.2) is 22.9 Å². The molecule has 0 aromatic heterocycles. The van der Waals surface area contributed by atoms with Gasteiger partial charge in [0, 0.05) is 11.3 Å². The van der Waals surface area contributed by atoms with Crippen molar-refractivity contribution in [1.29, 1.82) is 0 Å². The first-order valence-electron chi connectivity index (χ1n) is 11.0. The molecule has 4 rings (SSSR count). The predicted octanol–water partition coefficient (Wildman–Crippen LogP) is 5.72. The summed E-state index contributed by atoms with van der Waals surface area (Å²) in [6, 6.07) is 21.1. The van der Waals surface area contributed by atoms with Gasteiger partial charge in [0.25, 0.3) is 11.7 Å². The van der Waals surface area contributed by atoms with Gasteiger partial charge in [-0.05, 0) is 74.7 Å². The molecule has 3 aromatic carbocycles. The van der Waals surface area contributed by atoms with E-state index in [4.69, 9.17) is 4.74 Å². The second kappa shape index (κ2) is 8.94. The van der Waals surface area contributed by atoms with Crippen LogP contribution in [0.3, 0.4) is 0 Å². The number of rotatable bonds is 5. The summed E-state index contributed by atoms with van der Waals surface area (Å²) >= 11 is 0. The molecular weight excluding hydrogens is 414 g/mol. The van der Waals surface area contributed by atoms with E-state index in [1.165, 1.54) is 4.90 Å². The Labute approximate surface area is 193 Å². The Morgan fingerprint density at radius 2 is 1.64 bits per heavy atom. The zero-order valence-electron chi connectivity index (χ0n) is 19.2. The van der Waals surface area contributed by atoms with Crippen molar-refractivity contribution < 1.29 is 19.4 Å². The summed E-state index contributed by atoms with van der Waals surface area (Å²) in [7, 11) is 0. The third-order valence-electron chi connectivity index (χ3n) is 5.80. The maximum atomic E-state index is 13.3. The highest BCUT2D eigenvalue weighted by Crippen LogP contribution is 2.42. The Kier molecular flexibility index (Phi) is 6.05. The van der Waals surface area contributed by atoms with Crippen LogP contribution in [0.15, 0.2) is 78.4 Å². The highest BCUT2D eigenvalue weighted by atomic mass is 16.5. The predicted molar refractivity (Wildman–Crippen MR) is 129 cm³/mol. The van der Waals surface area contributed by atoms with E-state index in [2.05, 4.69) is 0 Å². The number of nitrogens with zero attached hydrogens (tertiary/aromatic N) is 1. The molecule has 0 bridgehead atoms. The molecule has 1 fully saturated rings. The lowest BCUT2D eigenvalue weighted by atomic mass is 9.94. The first kappa shape index (κ1) is 22.3. The maximum Gasteiger partial charge on any atom is 0.300 e. The van der Waals surface area contributed by atoms with E-state index in [-0.39, 0.29) is 17.4 Å². The monoisotopic (exact) mass is 441 g/mol. The highest BCUT2D eigenvalue weighted by Gasteiger charge is 2.47. The van der Waals surface area contributed by atoms with Gasteiger partial charge >= 0.3 is 0 Å². The number of aliphatic hydroxyl groups is 1. The average molecular weight is 442 g/mol. The van der Waals surface area contributed by atoms with Gasteiger partial charge in [0.15, 0.2) is 0 Å². The number of carbonyl (C=O) groups excluding carboxylic acids is 2. The summed E-state index contributed by atoms with van der Waals surface area (Å²) in [5.74, 6) is -0.941. The van der Waals surface area contributed by atoms with Crippen molar-refractivity contribution in [2.24, 2.45) is 0 Å². The number of aliphatic hydroxyl groups excluding tert-OH is 1. The molecule has 1 aliphatic heterocycles. The standard InChI is InChI=1S/C28H27NO4/c1-17(2)33-23-12-8-9-20(16-23)25-24(26(30)21-14-13-18(3)19(4)15-21)27(31)28(32)29(25)22-10-6-5-7-11-22/h5-17,25,30H,1-4H3/b26-24-. The van der Waals surface area contributed by atoms with Gasteiger partial charge in [0.05, 0.1) is 17.7 Å². The number of Topliss-reactive ketones (excluding diaryl/α,β-unsaturated/α-hetero) is 1. The third kappa shape index (κ3) is 4.27. The number of hydrogen-bond acceptors (Lipinski definition) is 4. The average Bonchev–Trinajstić information content (AvgIpc) is 3.06. The molecule has 0 radical (unpaired) electrons. The number of aryl methyl sites for hydroxylation is 2. The first-order chi connectivity index (χ1) is 15.8. The molecule has 1 N–H and O–H groups in total. The molecule has 5 heteroatoms. The van der Waals surface area contributed by atoms with Crippen molar-refractivity contribution in [2.75, 3.05) is 4.90 Å². The molecule has 1 unspecified atom stereocenters. The SMILES string of the molecule is Cc1ccc(/C(O)=C2/C(=O)C(=O)N(c3ccccc3)C2c2cccc(OC(C)C)c2)cc1C. The van der Waals surface area contributed by atoms with Gasteiger partial charge in [0.2, 0.25) is 0 Å². The zero-order valence-corrected chi connectivity index (χ0v) is 19.2. The topological polar surface area (TPSA) is 66.8 Å². The van der Waals surface area contributed by atoms with Crippen molar-refractivity contribution in [1.82, 2.24) is 0 Å². The zero-order chi connectivity index (χ0) is 23.7. The third-order valence-corrected chi connectivity index (χ3v) is 5.80. The Morgan fingerprint density at radius 3 is 2.30 bits per heavy atom. The number of carbonyl (C=O) groups is 2. The molecule has 0 saturated carbocycles. The van der Waals surface area contributed by atoms with E-state index in [9.17, 15) is 14.7 Å². The smallest absolute Gasteiger partial charge is 0.300 e. The minimum absolute atomic E-state index is 0.0312. The van der Waals surface area contributed by atoms with Gasteiger partial charge < -0.3 is 9.84 Å². The largest absolute Gasteiger partial charge is 0.507 e. The van der Waals surface area contributed by atoms with Crippen molar-refractivity contribution in [3.63, 3.8) is 0 Å². The molecule has 3 aromatic rings. The second-order valence-corrected chi connectivity index (χ2v) is 8.54.